The number of benzene rings is 3. The Kier molecular flexibility index (Phi) is 5.09. The SMILES string of the molecule is O=C1SC(=Cc2ccc3c(c2)OCO3)C(=O)N1CNc1ccc(-c2ccccc2)cc1. The van der Waals surface area contributed by atoms with Crippen molar-refractivity contribution in [2.75, 3.05) is 18.8 Å². The minimum atomic E-state index is -0.318. The van der Waals surface area contributed by atoms with Crippen LogP contribution in [0.1, 0.15) is 5.56 Å². The Bertz CT molecular complexity index is 1180. The van der Waals surface area contributed by atoms with Gasteiger partial charge < -0.3 is 14.8 Å². The van der Waals surface area contributed by atoms with E-state index in [1.165, 1.54) is 4.90 Å². The van der Waals surface area contributed by atoms with E-state index in [9.17, 15) is 9.59 Å². The number of carbonyl (C=O) groups is 2. The molecule has 154 valence electrons. The molecule has 5 rings (SSSR count). The number of nitrogens with one attached hydrogen (secondary N) is 1. The topological polar surface area (TPSA) is 67.9 Å². The van der Waals surface area contributed by atoms with Crippen LogP contribution in [0.15, 0.2) is 77.7 Å². The quantitative estimate of drug-likeness (QED) is 0.562. The van der Waals surface area contributed by atoms with Gasteiger partial charge in [-0.15, -0.1) is 0 Å². The predicted octanol–water partition coefficient (Wildman–Crippen LogP) is 5.19. The van der Waals surface area contributed by atoms with Crippen LogP contribution in [0.5, 0.6) is 11.5 Å². The summed E-state index contributed by atoms with van der Waals surface area (Å²) in [6.45, 7) is 0.293. The van der Waals surface area contributed by atoms with Crippen LogP contribution in [0.2, 0.25) is 0 Å². The van der Waals surface area contributed by atoms with Gasteiger partial charge >= 0.3 is 0 Å². The van der Waals surface area contributed by atoms with Gasteiger partial charge in [-0.05, 0) is 58.8 Å². The summed E-state index contributed by atoms with van der Waals surface area (Å²) >= 11 is 0.931. The van der Waals surface area contributed by atoms with E-state index in [1.54, 1.807) is 18.2 Å². The Labute approximate surface area is 183 Å². The summed E-state index contributed by atoms with van der Waals surface area (Å²) in [5.74, 6) is 0.988. The Hall–Kier alpha value is -3.71. The molecule has 0 aromatic heterocycles. The minimum Gasteiger partial charge on any atom is -0.454 e. The molecule has 0 bridgehead atoms. The lowest BCUT2D eigenvalue weighted by molar-refractivity contribution is -0.122. The number of anilines is 1. The number of hydrogen-bond acceptors (Lipinski definition) is 6. The van der Waals surface area contributed by atoms with Crippen LogP contribution in [-0.2, 0) is 4.79 Å². The first-order chi connectivity index (χ1) is 15.2. The van der Waals surface area contributed by atoms with E-state index in [-0.39, 0.29) is 24.6 Å². The van der Waals surface area contributed by atoms with Crippen molar-refractivity contribution in [3.8, 4) is 22.6 Å². The number of ether oxygens (including phenoxy) is 2. The lowest BCUT2D eigenvalue weighted by Crippen LogP contribution is -2.33. The van der Waals surface area contributed by atoms with Crippen LogP contribution in [0.3, 0.4) is 0 Å². The van der Waals surface area contributed by atoms with Crippen molar-refractivity contribution in [2.24, 2.45) is 0 Å². The van der Waals surface area contributed by atoms with Crippen molar-refractivity contribution in [1.29, 1.82) is 0 Å². The molecule has 0 aliphatic carbocycles. The average molecular weight is 430 g/mol. The number of thioether (sulfide) groups is 1. The molecule has 2 aliphatic heterocycles. The smallest absolute Gasteiger partial charge is 0.295 e. The summed E-state index contributed by atoms with van der Waals surface area (Å²) in [6, 6.07) is 23.4. The molecule has 1 N–H and O–H groups in total. The Morgan fingerprint density at radius 2 is 1.65 bits per heavy atom. The second-order valence-corrected chi connectivity index (χ2v) is 7.99. The van der Waals surface area contributed by atoms with E-state index >= 15 is 0 Å². The highest BCUT2D eigenvalue weighted by molar-refractivity contribution is 8.18. The third kappa shape index (κ3) is 4.00. The molecule has 2 amide bonds. The predicted molar refractivity (Wildman–Crippen MR) is 121 cm³/mol. The van der Waals surface area contributed by atoms with Gasteiger partial charge in [-0.3, -0.25) is 14.5 Å². The summed E-state index contributed by atoms with van der Waals surface area (Å²) in [5.41, 5.74) is 3.84. The zero-order chi connectivity index (χ0) is 21.2. The zero-order valence-corrected chi connectivity index (χ0v) is 17.2. The first-order valence-electron chi connectivity index (χ1n) is 9.72. The van der Waals surface area contributed by atoms with Gasteiger partial charge in [0.15, 0.2) is 11.5 Å². The van der Waals surface area contributed by atoms with E-state index in [1.807, 2.05) is 48.5 Å². The largest absolute Gasteiger partial charge is 0.454 e. The highest BCUT2D eigenvalue weighted by Crippen LogP contribution is 2.36. The van der Waals surface area contributed by atoms with Crippen molar-refractivity contribution >= 4 is 34.7 Å². The monoisotopic (exact) mass is 430 g/mol. The molecule has 1 fully saturated rings. The first-order valence-corrected chi connectivity index (χ1v) is 10.5. The molecular formula is C24H18N2O4S. The van der Waals surface area contributed by atoms with Crippen LogP contribution in [0.4, 0.5) is 10.5 Å². The number of carbonyl (C=O) groups excluding carboxylic acids is 2. The van der Waals surface area contributed by atoms with E-state index in [0.29, 0.717) is 16.4 Å². The standard InChI is InChI=1S/C24H18N2O4S/c27-23-22(13-16-6-11-20-21(12-16)30-15-29-20)31-24(28)26(23)14-25-19-9-7-18(8-10-19)17-4-2-1-3-5-17/h1-13,25H,14-15H2. The van der Waals surface area contributed by atoms with Gasteiger partial charge in [0.2, 0.25) is 6.79 Å². The Morgan fingerprint density at radius 1 is 0.903 bits per heavy atom. The molecule has 31 heavy (non-hydrogen) atoms. The maximum absolute atomic E-state index is 12.7. The number of nitrogens with zero attached hydrogens (tertiary/aromatic N) is 1. The van der Waals surface area contributed by atoms with E-state index in [2.05, 4.69) is 17.4 Å². The normalized spacial score (nSPS) is 16.3. The molecule has 3 aromatic carbocycles. The van der Waals surface area contributed by atoms with Crippen LogP contribution in [0, 0.1) is 0 Å². The molecule has 2 aliphatic rings. The molecule has 0 radical (unpaired) electrons. The average Bonchev–Trinajstić information content (AvgIpc) is 3.37. The third-order valence-corrected chi connectivity index (χ3v) is 5.91. The molecule has 2 heterocycles. The van der Waals surface area contributed by atoms with Gasteiger partial charge in [-0.2, -0.15) is 0 Å². The maximum Gasteiger partial charge on any atom is 0.295 e. The molecule has 0 atom stereocenters. The van der Waals surface area contributed by atoms with Gasteiger partial charge in [0, 0.05) is 5.69 Å². The second kappa shape index (κ2) is 8.20. The minimum absolute atomic E-state index is 0.105. The van der Waals surface area contributed by atoms with Crippen molar-refractivity contribution in [1.82, 2.24) is 4.90 Å². The van der Waals surface area contributed by atoms with Crippen LogP contribution in [-0.4, -0.2) is 29.5 Å². The molecule has 6 nitrogen and oxygen atoms in total. The third-order valence-electron chi connectivity index (χ3n) is 5.00. The maximum atomic E-state index is 12.7. The van der Waals surface area contributed by atoms with Crippen molar-refractivity contribution in [3.05, 3.63) is 83.3 Å². The van der Waals surface area contributed by atoms with Gasteiger partial charge in [0.1, 0.15) is 0 Å². The van der Waals surface area contributed by atoms with Crippen molar-refractivity contribution in [2.45, 2.75) is 0 Å². The fourth-order valence-corrected chi connectivity index (χ4v) is 4.21. The van der Waals surface area contributed by atoms with Crippen molar-refractivity contribution in [3.63, 3.8) is 0 Å². The molecule has 0 unspecified atom stereocenters. The Morgan fingerprint density at radius 3 is 2.45 bits per heavy atom. The van der Waals surface area contributed by atoms with E-state index < -0.39 is 0 Å². The molecule has 0 spiro atoms. The number of amides is 2. The van der Waals surface area contributed by atoms with Gasteiger partial charge in [-0.25, -0.2) is 0 Å². The highest BCUT2D eigenvalue weighted by Gasteiger charge is 2.34. The fourth-order valence-electron chi connectivity index (χ4n) is 3.37. The fraction of sp³-hybridized carbons (Fsp3) is 0.0833. The Balaban J connectivity index is 1.25. The summed E-state index contributed by atoms with van der Waals surface area (Å²) in [5, 5.41) is 2.85. The highest BCUT2D eigenvalue weighted by atomic mass is 32.2. The lowest BCUT2D eigenvalue weighted by atomic mass is 10.1. The van der Waals surface area contributed by atoms with Gasteiger partial charge in [0.05, 0.1) is 11.6 Å². The molecule has 0 saturated carbocycles. The summed E-state index contributed by atoms with van der Waals surface area (Å²) in [6.07, 6.45) is 1.70. The second-order valence-electron chi connectivity index (χ2n) is 7.00. The van der Waals surface area contributed by atoms with Gasteiger partial charge in [0.25, 0.3) is 11.1 Å². The summed E-state index contributed by atoms with van der Waals surface area (Å²) in [4.78, 5) is 26.7. The van der Waals surface area contributed by atoms with Crippen LogP contribution >= 0.6 is 11.8 Å². The molecule has 3 aromatic rings. The summed E-state index contributed by atoms with van der Waals surface area (Å²) in [7, 11) is 0. The van der Waals surface area contributed by atoms with Gasteiger partial charge in [-0.1, -0.05) is 48.5 Å². The lowest BCUT2D eigenvalue weighted by Gasteiger charge is -2.14. The molecular weight excluding hydrogens is 412 g/mol. The first kappa shape index (κ1) is 19.3. The van der Waals surface area contributed by atoms with E-state index in [4.69, 9.17) is 9.47 Å². The number of fused-ring (bicyclic) bond motifs is 1. The molecule has 1 saturated heterocycles. The molecule has 7 heteroatoms. The van der Waals surface area contributed by atoms with Crippen LogP contribution < -0.4 is 14.8 Å². The zero-order valence-electron chi connectivity index (χ0n) is 16.4. The van der Waals surface area contributed by atoms with Crippen molar-refractivity contribution < 1.29 is 19.1 Å². The van der Waals surface area contributed by atoms with E-state index in [0.717, 1.165) is 34.1 Å². The number of rotatable bonds is 5. The number of hydrogen-bond donors (Lipinski definition) is 1. The summed E-state index contributed by atoms with van der Waals surface area (Å²) < 4.78 is 10.7. The van der Waals surface area contributed by atoms with Crippen LogP contribution in [0.25, 0.3) is 17.2 Å². The number of imide groups is 1.